The summed E-state index contributed by atoms with van der Waals surface area (Å²) in [5.74, 6) is 2.03. The molecule has 0 saturated carbocycles. The van der Waals surface area contributed by atoms with Gasteiger partial charge in [-0.3, -0.25) is 9.59 Å². The minimum atomic E-state index is 0.131. The zero-order chi connectivity index (χ0) is 22.3. The number of likely N-dealkylation sites (tertiary alicyclic amines) is 1. The summed E-state index contributed by atoms with van der Waals surface area (Å²) in [4.78, 5) is 29.1. The van der Waals surface area contributed by atoms with Crippen LogP contribution in [0.1, 0.15) is 42.4 Å². The first-order valence-corrected chi connectivity index (χ1v) is 11.6. The van der Waals surface area contributed by atoms with Gasteiger partial charge in [-0.15, -0.1) is 0 Å². The van der Waals surface area contributed by atoms with Crippen LogP contribution in [0.25, 0.3) is 0 Å². The van der Waals surface area contributed by atoms with E-state index in [0.717, 1.165) is 54.1 Å². The molecule has 0 N–H and O–H groups in total. The van der Waals surface area contributed by atoms with Crippen LogP contribution in [0.2, 0.25) is 0 Å². The second kappa shape index (κ2) is 10.5. The standard InChI is InChI=1S/C26H32N2O4/c1-31-23-9-4-20(5-10-23)7-12-26(30)28-16-17-32-24-11-6-21(18-22(24)19-28)8-13-25(29)27-14-2-3-15-27/h4-6,9-11,18H,2-3,7-8,12-17,19H2,1H3. The molecule has 6 heteroatoms. The third-order valence-corrected chi connectivity index (χ3v) is 6.33. The molecule has 0 spiro atoms. The highest BCUT2D eigenvalue weighted by Crippen LogP contribution is 2.26. The molecule has 2 aliphatic rings. The Hall–Kier alpha value is -3.02. The van der Waals surface area contributed by atoms with Crippen molar-refractivity contribution in [3.8, 4) is 11.5 Å². The van der Waals surface area contributed by atoms with Gasteiger partial charge in [-0.25, -0.2) is 0 Å². The summed E-state index contributed by atoms with van der Waals surface area (Å²) in [5, 5.41) is 0. The molecule has 0 radical (unpaired) electrons. The van der Waals surface area contributed by atoms with Crippen molar-refractivity contribution in [3.05, 3.63) is 59.2 Å². The molecule has 0 unspecified atom stereocenters. The molecule has 6 nitrogen and oxygen atoms in total. The summed E-state index contributed by atoms with van der Waals surface area (Å²) < 4.78 is 11.1. The van der Waals surface area contributed by atoms with E-state index in [-0.39, 0.29) is 11.8 Å². The molecule has 170 valence electrons. The Morgan fingerprint density at radius 1 is 0.875 bits per heavy atom. The van der Waals surface area contributed by atoms with Crippen LogP contribution in [0.3, 0.4) is 0 Å². The van der Waals surface area contributed by atoms with Crippen molar-refractivity contribution in [2.45, 2.75) is 45.1 Å². The Bertz CT molecular complexity index is 935. The third-order valence-electron chi connectivity index (χ3n) is 6.33. The maximum Gasteiger partial charge on any atom is 0.223 e. The van der Waals surface area contributed by atoms with Crippen molar-refractivity contribution in [1.29, 1.82) is 0 Å². The van der Waals surface area contributed by atoms with Crippen LogP contribution in [0, 0.1) is 0 Å². The van der Waals surface area contributed by atoms with Gasteiger partial charge < -0.3 is 19.3 Å². The van der Waals surface area contributed by atoms with Gasteiger partial charge >= 0.3 is 0 Å². The van der Waals surface area contributed by atoms with Crippen LogP contribution >= 0.6 is 0 Å². The monoisotopic (exact) mass is 436 g/mol. The Morgan fingerprint density at radius 2 is 1.53 bits per heavy atom. The number of benzene rings is 2. The number of carbonyl (C=O) groups excluding carboxylic acids is 2. The fourth-order valence-corrected chi connectivity index (χ4v) is 4.39. The van der Waals surface area contributed by atoms with Crippen LogP contribution in [0.4, 0.5) is 0 Å². The number of nitrogens with zero attached hydrogens (tertiary/aromatic N) is 2. The van der Waals surface area contributed by atoms with E-state index in [1.807, 2.05) is 46.2 Å². The predicted molar refractivity (Wildman–Crippen MR) is 123 cm³/mol. The number of carbonyl (C=O) groups is 2. The number of amides is 2. The van der Waals surface area contributed by atoms with Gasteiger partial charge in [-0.05, 0) is 55.0 Å². The number of aryl methyl sites for hydroxylation is 2. The molecule has 2 amide bonds. The maximum atomic E-state index is 12.9. The Labute approximate surface area is 190 Å². The van der Waals surface area contributed by atoms with Crippen molar-refractivity contribution in [3.63, 3.8) is 0 Å². The Balaban J connectivity index is 1.34. The van der Waals surface area contributed by atoms with Crippen LogP contribution in [0.5, 0.6) is 11.5 Å². The fourth-order valence-electron chi connectivity index (χ4n) is 4.39. The maximum absolute atomic E-state index is 12.9. The normalized spacial score (nSPS) is 15.7. The van der Waals surface area contributed by atoms with Gasteiger partial charge in [0.15, 0.2) is 0 Å². The van der Waals surface area contributed by atoms with Crippen molar-refractivity contribution in [1.82, 2.24) is 9.80 Å². The highest BCUT2D eigenvalue weighted by Gasteiger charge is 2.21. The summed E-state index contributed by atoms with van der Waals surface area (Å²) >= 11 is 0. The van der Waals surface area contributed by atoms with E-state index in [9.17, 15) is 9.59 Å². The molecule has 32 heavy (non-hydrogen) atoms. The van der Waals surface area contributed by atoms with Gasteiger partial charge in [0.1, 0.15) is 18.1 Å². The van der Waals surface area contributed by atoms with Gasteiger partial charge in [0.25, 0.3) is 0 Å². The summed E-state index contributed by atoms with van der Waals surface area (Å²) in [6.45, 7) is 3.41. The molecule has 0 aliphatic carbocycles. The van der Waals surface area contributed by atoms with Gasteiger partial charge in [0.05, 0.1) is 13.7 Å². The third kappa shape index (κ3) is 5.61. The van der Waals surface area contributed by atoms with Crippen molar-refractivity contribution >= 4 is 11.8 Å². The van der Waals surface area contributed by atoms with E-state index < -0.39 is 0 Å². The van der Waals surface area contributed by atoms with Gasteiger partial charge in [-0.2, -0.15) is 0 Å². The highest BCUT2D eigenvalue weighted by molar-refractivity contribution is 5.77. The van der Waals surface area contributed by atoms with E-state index in [2.05, 4.69) is 6.07 Å². The van der Waals surface area contributed by atoms with Crippen LogP contribution in [-0.2, 0) is 29.0 Å². The van der Waals surface area contributed by atoms with Crippen molar-refractivity contribution in [2.75, 3.05) is 33.4 Å². The molecule has 2 aliphatic heterocycles. The quantitative estimate of drug-likeness (QED) is 0.665. The number of hydrogen-bond donors (Lipinski definition) is 0. The average Bonchev–Trinajstić information content (AvgIpc) is 3.28. The molecule has 4 rings (SSSR count). The molecule has 1 fully saturated rings. The van der Waals surface area contributed by atoms with E-state index >= 15 is 0 Å². The van der Waals surface area contributed by atoms with Crippen molar-refractivity contribution in [2.24, 2.45) is 0 Å². The number of ether oxygens (including phenoxy) is 2. The Morgan fingerprint density at radius 3 is 2.25 bits per heavy atom. The first-order chi connectivity index (χ1) is 15.6. The van der Waals surface area contributed by atoms with Crippen LogP contribution in [0.15, 0.2) is 42.5 Å². The van der Waals surface area contributed by atoms with Crippen LogP contribution in [-0.4, -0.2) is 55.0 Å². The lowest BCUT2D eigenvalue weighted by Crippen LogP contribution is -2.32. The summed E-state index contributed by atoms with van der Waals surface area (Å²) in [6.07, 6.45) is 4.64. The topological polar surface area (TPSA) is 59.1 Å². The predicted octanol–water partition coefficient (Wildman–Crippen LogP) is 3.60. The van der Waals surface area contributed by atoms with E-state index in [0.29, 0.717) is 45.4 Å². The minimum absolute atomic E-state index is 0.131. The molecule has 0 bridgehead atoms. The molecule has 2 aromatic rings. The molecule has 0 atom stereocenters. The molecule has 2 heterocycles. The van der Waals surface area contributed by atoms with Crippen LogP contribution < -0.4 is 9.47 Å². The first kappa shape index (κ1) is 22.2. The first-order valence-electron chi connectivity index (χ1n) is 11.6. The second-order valence-corrected chi connectivity index (χ2v) is 8.54. The van der Waals surface area contributed by atoms with Gasteiger partial charge in [0, 0.05) is 38.0 Å². The minimum Gasteiger partial charge on any atom is -0.497 e. The SMILES string of the molecule is COc1ccc(CCC(=O)N2CCOc3ccc(CCC(=O)N4CCCC4)cc3C2)cc1. The Kier molecular flexibility index (Phi) is 7.30. The highest BCUT2D eigenvalue weighted by atomic mass is 16.5. The lowest BCUT2D eigenvalue weighted by molar-refractivity contribution is -0.132. The summed E-state index contributed by atoms with van der Waals surface area (Å²) in [7, 11) is 1.65. The smallest absolute Gasteiger partial charge is 0.223 e. The van der Waals surface area contributed by atoms with Crippen molar-refractivity contribution < 1.29 is 19.1 Å². The number of rotatable bonds is 7. The van der Waals surface area contributed by atoms with E-state index in [1.54, 1.807) is 7.11 Å². The lowest BCUT2D eigenvalue weighted by atomic mass is 10.0. The summed E-state index contributed by atoms with van der Waals surface area (Å²) in [5.41, 5.74) is 3.26. The van der Waals surface area contributed by atoms with Gasteiger partial charge in [-0.1, -0.05) is 24.3 Å². The molecule has 2 aromatic carbocycles. The zero-order valence-corrected chi connectivity index (χ0v) is 18.8. The number of methoxy groups -OCH3 is 1. The fraction of sp³-hybridized carbons (Fsp3) is 0.462. The average molecular weight is 437 g/mol. The van der Waals surface area contributed by atoms with E-state index in [1.165, 1.54) is 0 Å². The number of hydrogen-bond acceptors (Lipinski definition) is 4. The second-order valence-electron chi connectivity index (χ2n) is 8.54. The molecule has 0 aromatic heterocycles. The van der Waals surface area contributed by atoms with E-state index in [4.69, 9.17) is 9.47 Å². The zero-order valence-electron chi connectivity index (χ0n) is 18.8. The van der Waals surface area contributed by atoms with Gasteiger partial charge in [0.2, 0.25) is 11.8 Å². The lowest BCUT2D eigenvalue weighted by Gasteiger charge is -2.20. The largest absolute Gasteiger partial charge is 0.497 e. The summed E-state index contributed by atoms with van der Waals surface area (Å²) in [6, 6.07) is 14.0. The molecular weight excluding hydrogens is 404 g/mol. The molecular formula is C26H32N2O4. The number of fused-ring (bicyclic) bond motifs is 1. The molecule has 1 saturated heterocycles.